The third-order valence-electron chi connectivity index (χ3n) is 9.77. The number of nitrogens with two attached hydrogens (primary N) is 1. The molecule has 2 saturated carbocycles. The zero-order valence-corrected chi connectivity index (χ0v) is 25.8. The van der Waals surface area contributed by atoms with Crippen molar-refractivity contribution in [3.63, 3.8) is 0 Å². The van der Waals surface area contributed by atoms with Crippen molar-refractivity contribution in [2.24, 2.45) is 17.6 Å². The van der Waals surface area contributed by atoms with Gasteiger partial charge in [0.25, 0.3) is 0 Å². The minimum Gasteiger partial charge on any atom is -0.493 e. The van der Waals surface area contributed by atoms with Crippen molar-refractivity contribution in [3.8, 4) is 17.2 Å². The first-order valence-corrected chi connectivity index (χ1v) is 16.1. The van der Waals surface area contributed by atoms with Crippen LogP contribution in [0.15, 0.2) is 12.1 Å². The molecule has 3 fully saturated rings. The molecule has 2 unspecified atom stereocenters. The highest BCUT2D eigenvalue weighted by atomic mass is 16.5. The highest BCUT2D eigenvalue weighted by molar-refractivity contribution is 5.93. The van der Waals surface area contributed by atoms with Gasteiger partial charge in [0, 0.05) is 6.54 Å². The molecule has 3 atom stereocenters. The van der Waals surface area contributed by atoms with Gasteiger partial charge in [-0.3, -0.25) is 14.4 Å². The van der Waals surface area contributed by atoms with E-state index in [-0.39, 0.29) is 17.7 Å². The van der Waals surface area contributed by atoms with Crippen molar-refractivity contribution < 1.29 is 28.6 Å². The number of hydrogen-bond donors (Lipinski definition) is 2. The molecule has 0 radical (unpaired) electrons. The Labute approximate surface area is 251 Å². The van der Waals surface area contributed by atoms with Gasteiger partial charge in [0.1, 0.15) is 12.1 Å². The summed E-state index contributed by atoms with van der Waals surface area (Å²) in [6.07, 6.45) is 15.0. The van der Waals surface area contributed by atoms with E-state index in [1.54, 1.807) is 26.2 Å². The lowest BCUT2D eigenvalue weighted by Crippen LogP contribution is -2.57. The molecule has 4 rings (SSSR count). The van der Waals surface area contributed by atoms with Gasteiger partial charge in [-0.05, 0) is 74.5 Å². The van der Waals surface area contributed by atoms with Gasteiger partial charge < -0.3 is 30.2 Å². The van der Waals surface area contributed by atoms with Crippen LogP contribution in [0.1, 0.15) is 108 Å². The van der Waals surface area contributed by atoms with E-state index in [1.807, 2.05) is 12.1 Å². The Kier molecular flexibility index (Phi) is 11.8. The van der Waals surface area contributed by atoms with Gasteiger partial charge in [-0.1, -0.05) is 51.4 Å². The minimum absolute atomic E-state index is 0.0474. The number of carbonyl (C=O) groups is 3. The lowest BCUT2D eigenvalue weighted by Gasteiger charge is -2.40. The second kappa shape index (κ2) is 15.5. The number of likely N-dealkylation sites (tertiary alicyclic amines) is 1. The first kappa shape index (κ1) is 32.0. The number of nitrogens with one attached hydrogen (secondary N) is 1. The Morgan fingerprint density at radius 2 is 1.45 bits per heavy atom. The molecular formula is C33H51N3O6. The fraction of sp³-hybridized carbons (Fsp3) is 0.727. The van der Waals surface area contributed by atoms with Gasteiger partial charge in [0.15, 0.2) is 11.5 Å². The van der Waals surface area contributed by atoms with Crippen molar-refractivity contribution in [2.75, 3.05) is 27.9 Å². The molecule has 2 aliphatic carbocycles. The third kappa shape index (κ3) is 7.70. The zero-order chi connectivity index (χ0) is 30.1. The highest BCUT2D eigenvalue weighted by Gasteiger charge is 2.41. The van der Waals surface area contributed by atoms with Crippen molar-refractivity contribution in [2.45, 2.75) is 114 Å². The summed E-state index contributed by atoms with van der Waals surface area (Å²) in [5, 5.41) is 2.96. The lowest BCUT2D eigenvalue weighted by molar-refractivity contribution is -0.145. The van der Waals surface area contributed by atoms with E-state index in [0.717, 1.165) is 56.9 Å². The van der Waals surface area contributed by atoms with Crippen LogP contribution in [-0.4, -0.2) is 62.6 Å². The summed E-state index contributed by atoms with van der Waals surface area (Å²) in [5.74, 6) is 0.965. The van der Waals surface area contributed by atoms with Crippen molar-refractivity contribution in [1.29, 1.82) is 0 Å². The Balaban J connectivity index is 1.57. The van der Waals surface area contributed by atoms with Crippen LogP contribution < -0.4 is 25.3 Å². The van der Waals surface area contributed by atoms with Crippen molar-refractivity contribution >= 4 is 17.7 Å². The molecular weight excluding hydrogens is 534 g/mol. The number of hydrogen-bond acceptors (Lipinski definition) is 6. The Morgan fingerprint density at radius 3 is 2.02 bits per heavy atom. The molecule has 9 nitrogen and oxygen atoms in total. The van der Waals surface area contributed by atoms with E-state index in [2.05, 4.69) is 5.32 Å². The number of piperidine rings is 1. The third-order valence-corrected chi connectivity index (χ3v) is 9.77. The van der Waals surface area contributed by atoms with Crippen LogP contribution in [0.25, 0.3) is 0 Å². The van der Waals surface area contributed by atoms with E-state index >= 15 is 0 Å². The molecule has 1 aliphatic heterocycles. The molecule has 3 aliphatic rings. The summed E-state index contributed by atoms with van der Waals surface area (Å²) in [7, 11) is 4.72. The number of rotatable bonds is 12. The monoisotopic (exact) mass is 585 g/mol. The first-order valence-electron chi connectivity index (χ1n) is 16.1. The van der Waals surface area contributed by atoms with Crippen LogP contribution in [0.5, 0.6) is 17.2 Å². The SMILES string of the molecule is COc1cc(C(C(=O)N2CCCC[C@H]2C(=O)NC(CCC2CCCCC2)C(N)=O)C2CCCCC2)cc(OC)c1OC. The van der Waals surface area contributed by atoms with Gasteiger partial charge in [0.05, 0.1) is 27.2 Å². The van der Waals surface area contributed by atoms with Crippen molar-refractivity contribution in [1.82, 2.24) is 10.2 Å². The molecule has 1 heterocycles. The molecule has 3 amide bonds. The fourth-order valence-corrected chi connectivity index (χ4v) is 7.44. The first-order chi connectivity index (χ1) is 20.4. The summed E-state index contributed by atoms with van der Waals surface area (Å²) in [5.41, 5.74) is 6.57. The minimum atomic E-state index is -0.720. The average Bonchev–Trinajstić information content (AvgIpc) is 3.03. The van der Waals surface area contributed by atoms with Crippen LogP contribution in [-0.2, 0) is 14.4 Å². The maximum absolute atomic E-state index is 14.6. The molecule has 0 aromatic heterocycles. The van der Waals surface area contributed by atoms with E-state index in [1.165, 1.54) is 32.1 Å². The van der Waals surface area contributed by atoms with Crippen LogP contribution in [0.3, 0.4) is 0 Å². The summed E-state index contributed by atoms with van der Waals surface area (Å²) in [6, 6.07) is 2.41. The number of benzene rings is 1. The van der Waals surface area contributed by atoms with Gasteiger partial charge in [-0.2, -0.15) is 0 Å². The predicted octanol–water partition coefficient (Wildman–Crippen LogP) is 5.09. The Bertz CT molecular complexity index is 1040. The highest BCUT2D eigenvalue weighted by Crippen LogP contribution is 2.45. The average molecular weight is 586 g/mol. The molecule has 42 heavy (non-hydrogen) atoms. The second-order valence-corrected chi connectivity index (χ2v) is 12.4. The van der Waals surface area contributed by atoms with Gasteiger partial charge in [0.2, 0.25) is 23.5 Å². The van der Waals surface area contributed by atoms with Gasteiger partial charge >= 0.3 is 0 Å². The van der Waals surface area contributed by atoms with Crippen LogP contribution in [0, 0.1) is 11.8 Å². The summed E-state index contributed by atoms with van der Waals surface area (Å²) in [6.45, 7) is 0.508. The zero-order valence-electron chi connectivity index (χ0n) is 25.8. The van der Waals surface area contributed by atoms with Gasteiger partial charge in [-0.15, -0.1) is 0 Å². The van der Waals surface area contributed by atoms with Crippen LogP contribution >= 0.6 is 0 Å². The molecule has 0 bridgehead atoms. The number of methoxy groups -OCH3 is 3. The molecule has 0 spiro atoms. The number of ether oxygens (including phenoxy) is 3. The Hall–Kier alpha value is -2.97. The molecule has 234 valence electrons. The summed E-state index contributed by atoms with van der Waals surface area (Å²) < 4.78 is 16.8. The van der Waals surface area contributed by atoms with Gasteiger partial charge in [-0.25, -0.2) is 0 Å². The maximum atomic E-state index is 14.6. The topological polar surface area (TPSA) is 120 Å². The van der Waals surface area contributed by atoms with E-state index in [4.69, 9.17) is 19.9 Å². The summed E-state index contributed by atoms with van der Waals surface area (Å²) >= 11 is 0. The second-order valence-electron chi connectivity index (χ2n) is 12.4. The normalized spacial score (nSPS) is 21.7. The Morgan fingerprint density at radius 1 is 0.857 bits per heavy atom. The molecule has 3 N–H and O–H groups in total. The van der Waals surface area contributed by atoms with E-state index in [9.17, 15) is 14.4 Å². The van der Waals surface area contributed by atoms with Crippen LogP contribution in [0.2, 0.25) is 0 Å². The van der Waals surface area contributed by atoms with E-state index in [0.29, 0.717) is 42.6 Å². The molecule has 1 aromatic carbocycles. The number of nitrogens with zero attached hydrogens (tertiary/aromatic N) is 1. The number of amides is 3. The predicted molar refractivity (Wildman–Crippen MR) is 162 cm³/mol. The molecule has 9 heteroatoms. The summed E-state index contributed by atoms with van der Waals surface area (Å²) in [4.78, 5) is 42.4. The quantitative estimate of drug-likeness (QED) is 0.353. The smallest absolute Gasteiger partial charge is 0.243 e. The number of carbonyl (C=O) groups excluding carboxylic acids is 3. The molecule has 1 saturated heterocycles. The maximum Gasteiger partial charge on any atom is 0.243 e. The lowest BCUT2D eigenvalue weighted by atomic mass is 9.75. The van der Waals surface area contributed by atoms with Crippen LogP contribution in [0.4, 0.5) is 0 Å². The standard InChI is InChI=1S/C33H51N3O6/c1-40-27-20-24(21-28(41-2)30(27)42-3)29(23-14-8-5-9-15-23)33(39)36-19-11-10-16-26(36)32(38)35-25(31(34)37)18-17-22-12-6-4-7-13-22/h20-23,25-26,29H,4-19H2,1-3H3,(H2,34,37)(H,35,38)/t25?,26-,29?/m0/s1. The number of primary amides is 1. The molecule has 1 aromatic rings. The van der Waals surface area contributed by atoms with E-state index < -0.39 is 23.9 Å². The largest absolute Gasteiger partial charge is 0.493 e. The van der Waals surface area contributed by atoms with Crippen molar-refractivity contribution in [3.05, 3.63) is 17.7 Å². The fourth-order valence-electron chi connectivity index (χ4n) is 7.44.